The summed E-state index contributed by atoms with van der Waals surface area (Å²) < 4.78 is 17.8. The van der Waals surface area contributed by atoms with Crippen LogP contribution in [0.3, 0.4) is 0 Å². The summed E-state index contributed by atoms with van der Waals surface area (Å²) in [6, 6.07) is 25.8. The Bertz CT molecular complexity index is 1640. The molecule has 0 unspecified atom stereocenters. The van der Waals surface area contributed by atoms with Crippen molar-refractivity contribution < 1.29 is 9.18 Å². The number of piperidine rings is 1. The third-order valence-corrected chi connectivity index (χ3v) is 8.98. The summed E-state index contributed by atoms with van der Waals surface area (Å²) >= 11 is 3.59. The number of hydrogen-bond donors (Lipinski definition) is 0. The van der Waals surface area contributed by atoms with Crippen LogP contribution in [0.5, 0.6) is 0 Å². The molecule has 4 aromatic rings. The summed E-state index contributed by atoms with van der Waals surface area (Å²) in [5, 5.41) is 6.42. The maximum atomic E-state index is 14.0. The summed E-state index contributed by atoms with van der Waals surface area (Å²) in [5.41, 5.74) is 3.51. The van der Waals surface area contributed by atoms with Crippen LogP contribution in [-0.2, 0) is 24.4 Å². The zero-order chi connectivity index (χ0) is 28.6. The Balaban J connectivity index is 1.26. The SMILES string of the molecule is CCn1c(CN2CCC3(CC2)C(=O)N(Cc2ccc(F)cc2)N=C3c2ccccc2)c(Br)c(=O)n1-c1ccccc1. The van der Waals surface area contributed by atoms with Gasteiger partial charge in [-0.2, -0.15) is 5.10 Å². The van der Waals surface area contributed by atoms with E-state index in [1.807, 2.05) is 72.3 Å². The summed E-state index contributed by atoms with van der Waals surface area (Å²) in [6.07, 6.45) is 1.24. The second-order valence-electron chi connectivity index (χ2n) is 10.6. The molecule has 3 heterocycles. The molecule has 0 radical (unpaired) electrons. The van der Waals surface area contributed by atoms with Gasteiger partial charge in [-0.25, -0.2) is 14.1 Å². The van der Waals surface area contributed by atoms with Crippen LogP contribution >= 0.6 is 15.9 Å². The number of hydrogen-bond acceptors (Lipinski definition) is 4. The van der Waals surface area contributed by atoms with Crippen LogP contribution in [0.1, 0.15) is 36.6 Å². The van der Waals surface area contributed by atoms with Crippen LogP contribution in [0, 0.1) is 11.2 Å². The smallest absolute Gasteiger partial charge is 0.286 e. The van der Waals surface area contributed by atoms with Crippen LogP contribution < -0.4 is 5.56 Å². The number of likely N-dealkylation sites (tertiary alicyclic amines) is 1. The topological polar surface area (TPSA) is 62.8 Å². The Morgan fingerprint density at radius 3 is 2.15 bits per heavy atom. The van der Waals surface area contributed by atoms with Crippen molar-refractivity contribution in [1.29, 1.82) is 0 Å². The molecule has 210 valence electrons. The van der Waals surface area contributed by atoms with Crippen molar-refractivity contribution in [3.05, 3.63) is 122 Å². The number of hydrazone groups is 1. The molecule has 41 heavy (non-hydrogen) atoms. The third kappa shape index (κ3) is 4.97. The molecule has 3 aromatic carbocycles. The number of rotatable bonds is 7. The van der Waals surface area contributed by atoms with E-state index in [-0.39, 0.29) is 17.3 Å². The first-order valence-corrected chi connectivity index (χ1v) is 14.7. The van der Waals surface area contributed by atoms with Crippen molar-refractivity contribution in [2.24, 2.45) is 10.5 Å². The van der Waals surface area contributed by atoms with E-state index in [1.54, 1.807) is 21.8 Å². The summed E-state index contributed by atoms with van der Waals surface area (Å²) in [5.74, 6) is -0.319. The quantitative estimate of drug-likeness (QED) is 0.272. The van der Waals surface area contributed by atoms with E-state index in [9.17, 15) is 14.0 Å². The minimum absolute atomic E-state index is 0.0118. The summed E-state index contributed by atoms with van der Waals surface area (Å²) in [4.78, 5) is 29.6. The number of aromatic nitrogens is 2. The van der Waals surface area contributed by atoms with Crippen molar-refractivity contribution in [1.82, 2.24) is 19.3 Å². The van der Waals surface area contributed by atoms with Crippen LogP contribution in [0.2, 0.25) is 0 Å². The van der Waals surface area contributed by atoms with Crippen molar-refractivity contribution in [3.8, 4) is 5.69 Å². The molecule has 2 aliphatic heterocycles. The van der Waals surface area contributed by atoms with Gasteiger partial charge in [0.25, 0.3) is 11.5 Å². The normalized spacial score (nSPS) is 16.9. The van der Waals surface area contributed by atoms with E-state index < -0.39 is 5.41 Å². The predicted octanol–water partition coefficient (Wildman–Crippen LogP) is 5.59. The average molecular weight is 617 g/mol. The van der Waals surface area contributed by atoms with Gasteiger partial charge in [-0.05, 0) is 84.2 Å². The molecule has 1 spiro atoms. The lowest BCUT2D eigenvalue weighted by molar-refractivity contribution is -0.138. The van der Waals surface area contributed by atoms with E-state index in [1.165, 1.54) is 12.1 Å². The molecule has 2 aliphatic rings. The molecule has 0 saturated carbocycles. The zero-order valence-electron chi connectivity index (χ0n) is 22.8. The van der Waals surface area contributed by atoms with E-state index >= 15 is 0 Å². The Morgan fingerprint density at radius 2 is 1.51 bits per heavy atom. The number of para-hydroxylation sites is 1. The predicted molar refractivity (Wildman–Crippen MR) is 160 cm³/mol. The van der Waals surface area contributed by atoms with Gasteiger partial charge in [-0.1, -0.05) is 60.7 Å². The van der Waals surface area contributed by atoms with Gasteiger partial charge in [0.2, 0.25) is 0 Å². The molecule has 0 atom stereocenters. The molecular formula is C32H31BrFN5O2. The zero-order valence-corrected chi connectivity index (χ0v) is 24.4. The van der Waals surface area contributed by atoms with E-state index in [0.717, 1.165) is 28.2 Å². The number of benzene rings is 3. The van der Waals surface area contributed by atoms with E-state index in [4.69, 9.17) is 5.10 Å². The summed E-state index contributed by atoms with van der Waals surface area (Å²) in [7, 11) is 0. The second kappa shape index (κ2) is 11.2. The standard InChI is InChI=1S/C32H31BrFN5O2/c1-2-38-27(28(33)30(40)39(38)26-11-7-4-8-12-26)22-36-19-17-32(18-20-36)29(24-9-5-3-6-10-24)35-37(31(32)41)21-23-13-15-25(34)16-14-23/h3-16H,2,17-22H2,1H3. The second-order valence-corrected chi connectivity index (χ2v) is 11.4. The van der Waals surface area contributed by atoms with Gasteiger partial charge in [-0.15, -0.1) is 0 Å². The number of amides is 1. The first-order valence-electron chi connectivity index (χ1n) is 13.9. The van der Waals surface area contributed by atoms with Gasteiger partial charge in [0.1, 0.15) is 10.3 Å². The highest BCUT2D eigenvalue weighted by Gasteiger charge is 2.52. The maximum absolute atomic E-state index is 14.0. The van der Waals surface area contributed by atoms with Gasteiger partial charge in [0.05, 0.1) is 29.1 Å². The third-order valence-electron chi connectivity index (χ3n) is 8.18. The van der Waals surface area contributed by atoms with Gasteiger partial charge < -0.3 is 0 Å². The Kier molecular flexibility index (Phi) is 7.48. The van der Waals surface area contributed by atoms with Crippen LogP contribution in [0.4, 0.5) is 4.39 Å². The fourth-order valence-corrected chi connectivity index (χ4v) is 6.53. The van der Waals surface area contributed by atoms with Gasteiger partial charge in [0, 0.05) is 13.1 Å². The first-order chi connectivity index (χ1) is 19.9. The largest absolute Gasteiger partial charge is 0.297 e. The lowest BCUT2D eigenvalue weighted by Gasteiger charge is -2.38. The van der Waals surface area contributed by atoms with Crippen LogP contribution in [-0.4, -0.2) is 44.0 Å². The molecule has 7 nitrogen and oxygen atoms in total. The average Bonchev–Trinajstić information content (AvgIpc) is 3.41. The van der Waals surface area contributed by atoms with Crippen molar-refractivity contribution in [3.63, 3.8) is 0 Å². The Hall–Kier alpha value is -3.82. The van der Waals surface area contributed by atoms with Gasteiger partial charge in [0.15, 0.2) is 0 Å². The van der Waals surface area contributed by atoms with Crippen molar-refractivity contribution in [2.45, 2.75) is 39.4 Å². The molecular weight excluding hydrogens is 585 g/mol. The molecule has 1 aromatic heterocycles. The Morgan fingerprint density at radius 1 is 0.878 bits per heavy atom. The van der Waals surface area contributed by atoms with Crippen molar-refractivity contribution >= 4 is 27.5 Å². The molecule has 0 aliphatic carbocycles. The first kappa shape index (κ1) is 27.4. The number of carbonyl (C=O) groups excluding carboxylic acids is 1. The minimum Gasteiger partial charge on any atom is -0.297 e. The van der Waals surface area contributed by atoms with Gasteiger partial charge >= 0.3 is 0 Å². The summed E-state index contributed by atoms with van der Waals surface area (Å²) in [6.45, 7) is 4.93. The van der Waals surface area contributed by atoms with Crippen LogP contribution in [0.15, 0.2) is 99.3 Å². The maximum Gasteiger partial charge on any atom is 0.286 e. The Labute approximate surface area is 246 Å². The van der Waals surface area contributed by atoms with Gasteiger partial charge in [-0.3, -0.25) is 19.2 Å². The number of nitrogens with zero attached hydrogens (tertiary/aromatic N) is 5. The fourth-order valence-electron chi connectivity index (χ4n) is 6.03. The molecule has 6 rings (SSSR count). The number of halogens is 2. The highest BCUT2D eigenvalue weighted by Crippen LogP contribution is 2.42. The molecule has 0 N–H and O–H groups in total. The molecule has 1 amide bonds. The monoisotopic (exact) mass is 615 g/mol. The molecule has 9 heteroatoms. The fraction of sp³-hybridized carbons (Fsp3) is 0.281. The van der Waals surface area contributed by atoms with E-state index in [0.29, 0.717) is 50.0 Å². The van der Waals surface area contributed by atoms with Crippen LogP contribution in [0.25, 0.3) is 5.69 Å². The molecule has 1 fully saturated rings. The van der Waals surface area contributed by atoms with E-state index in [2.05, 4.69) is 20.8 Å². The minimum atomic E-state index is -0.727. The molecule has 0 bridgehead atoms. The lowest BCUT2D eigenvalue weighted by atomic mass is 9.72. The number of carbonyl (C=O) groups is 1. The lowest BCUT2D eigenvalue weighted by Crippen LogP contribution is -2.48. The van der Waals surface area contributed by atoms with Crippen molar-refractivity contribution in [2.75, 3.05) is 13.1 Å². The highest BCUT2D eigenvalue weighted by atomic mass is 79.9. The highest BCUT2D eigenvalue weighted by molar-refractivity contribution is 9.10. The molecule has 1 saturated heterocycles.